The molecule has 1 atom stereocenters. The van der Waals surface area contributed by atoms with E-state index in [0.717, 1.165) is 18.9 Å². The summed E-state index contributed by atoms with van der Waals surface area (Å²) >= 11 is 0. The van der Waals surface area contributed by atoms with Crippen molar-refractivity contribution in [3.05, 3.63) is 23.0 Å². The lowest BCUT2D eigenvalue weighted by atomic mass is 9.81. The highest BCUT2D eigenvalue weighted by atomic mass is 16.5. The van der Waals surface area contributed by atoms with E-state index in [1.165, 1.54) is 51.0 Å². The molecule has 2 heteroatoms. The molecule has 0 N–H and O–H groups in total. The SMILES string of the molecule is CCCN(CCC)C1CCC2=C(CC=C(OC)C2)C1. The number of hydrogen-bond donors (Lipinski definition) is 0. The van der Waals surface area contributed by atoms with Gasteiger partial charge in [-0.05, 0) is 57.7 Å². The van der Waals surface area contributed by atoms with Crippen LogP contribution in [-0.4, -0.2) is 31.1 Å². The van der Waals surface area contributed by atoms with Gasteiger partial charge in [0.15, 0.2) is 0 Å². The summed E-state index contributed by atoms with van der Waals surface area (Å²) in [6.07, 6.45) is 10.9. The van der Waals surface area contributed by atoms with Crippen LogP contribution in [0.4, 0.5) is 0 Å². The molecule has 0 aromatic carbocycles. The molecule has 0 bridgehead atoms. The Bertz CT molecular complexity index is 350. The van der Waals surface area contributed by atoms with E-state index in [9.17, 15) is 0 Å². The first-order valence-corrected chi connectivity index (χ1v) is 7.95. The minimum atomic E-state index is 0.788. The Kier molecular flexibility index (Phi) is 5.50. The van der Waals surface area contributed by atoms with Crippen molar-refractivity contribution in [2.45, 2.75) is 64.8 Å². The summed E-state index contributed by atoms with van der Waals surface area (Å²) < 4.78 is 5.41. The standard InChI is InChI=1S/C17H29NO/c1-4-10-18(11-5-2)16-8-6-15-13-17(19-3)9-7-14(15)12-16/h9,16H,4-8,10-13H2,1-3H3. The third kappa shape index (κ3) is 3.62. The number of ether oxygens (including phenoxy) is 1. The van der Waals surface area contributed by atoms with Crippen LogP contribution in [0.5, 0.6) is 0 Å². The molecule has 0 aromatic heterocycles. The summed E-state index contributed by atoms with van der Waals surface area (Å²) in [7, 11) is 1.80. The van der Waals surface area contributed by atoms with Gasteiger partial charge in [-0.15, -0.1) is 0 Å². The van der Waals surface area contributed by atoms with Gasteiger partial charge < -0.3 is 9.64 Å². The highest BCUT2D eigenvalue weighted by Crippen LogP contribution is 2.37. The van der Waals surface area contributed by atoms with Crippen LogP contribution in [0.15, 0.2) is 23.0 Å². The summed E-state index contributed by atoms with van der Waals surface area (Å²) in [4.78, 5) is 2.72. The van der Waals surface area contributed by atoms with E-state index in [2.05, 4.69) is 24.8 Å². The lowest BCUT2D eigenvalue weighted by Crippen LogP contribution is -2.38. The predicted molar refractivity (Wildman–Crippen MR) is 81.1 cm³/mol. The van der Waals surface area contributed by atoms with Crippen LogP contribution >= 0.6 is 0 Å². The van der Waals surface area contributed by atoms with Crippen molar-refractivity contribution in [3.8, 4) is 0 Å². The average molecular weight is 263 g/mol. The summed E-state index contributed by atoms with van der Waals surface area (Å²) in [5.74, 6) is 1.18. The molecule has 2 aliphatic rings. The number of rotatable bonds is 6. The first-order valence-electron chi connectivity index (χ1n) is 7.95. The van der Waals surface area contributed by atoms with Crippen molar-refractivity contribution in [2.75, 3.05) is 20.2 Å². The number of hydrogen-bond acceptors (Lipinski definition) is 2. The van der Waals surface area contributed by atoms with Crippen LogP contribution in [0, 0.1) is 0 Å². The largest absolute Gasteiger partial charge is 0.501 e. The lowest BCUT2D eigenvalue weighted by molar-refractivity contribution is 0.177. The Morgan fingerprint density at radius 2 is 1.95 bits per heavy atom. The Labute approximate surface area is 118 Å². The Balaban J connectivity index is 1.97. The molecule has 0 aliphatic heterocycles. The normalized spacial score (nSPS) is 23.4. The van der Waals surface area contributed by atoms with E-state index in [-0.39, 0.29) is 0 Å². The highest BCUT2D eigenvalue weighted by molar-refractivity contribution is 5.29. The molecule has 0 saturated carbocycles. The van der Waals surface area contributed by atoms with Gasteiger partial charge >= 0.3 is 0 Å². The molecule has 108 valence electrons. The minimum absolute atomic E-state index is 0.788. The topological polar surface area (TPSA) is 12.5 Å². The third-order valence-corrected chi connectivity index (χ3v) is 4.53. The molecular weight excluding hydrogens is 234 g/mol. The second-order valence-corrected chi connectivity index (χ2v) is 5.90. The van der Waals surface area contributed by atoms with Gasteiger partial charge in [-0.2, -0.15) is 0 Å². The molecule has 2 nitrogen and oxygen atoms in total. The van der Waals surface area contributed by atoms with Gasteiger partial charge in [0.1, 0.15) is 0 Å². The maximum atomic E-state index is 5.41. The molecule has 0 amide bonds. The van der Waals surface area contributed by atoms with Crippen LogP contribution < -0.4 is 0 Å². The molecular formula is C17H29NO. The Morgan fingerprint density at radius 1 is 1.21 bits per heavy atom. The van der Waals surface area contributed by atoms with Crippen molar-refractivity contribution < 1.29 is 4.74 Å². The fraction of sp³-hybridized carbons (Fsp3) is 0.765. The van der Waals surface area contributed by atoms with Gasteiger partial charge in [-0.3, -0.25) is 0 Å². The van der Waals surface area contributed by atoms with Gasteiger partial charge in [-0.25, -0.2) is 0 Å². The van der Waals surface area contributed by atoms with Gasteiger partial charge in [0.2, 0.25) is 0 Å². The quantitative estimate of drug-likeness (QED) is 0.663. The van der Waals surface area contributed by atoms with E-state index < -0.39 is 0 Å². The van der Waals surface area contributed by atoms with Crippen molar-refractivity contribution >= 4 is 0 Å². The number of nitrogens with zero attached hydrogens (tertiary/aromatic N) is 1. The van der Waals surface area contributed by atoms with Crippen LogP contribution in [-0.2, 0) is 4.74 Å². The van der Waals surface area contributed by atoms with Gasteiger partial charge in [0.25, 0.3) is 0 Å². The second-order valence-electron chi connectivity index (χ2n) is 5.90. The monoisotopic (exact) mass is 263 g/mol. The Morgan fingerprint density at radius 3 is 2.58 bits per heavy atom. The van der Waals surface area contributed by atoms with Crippen molar-refractivity contribution in [2.24, 2.45) is 0 Å². The summed E-state index contributed by atoms with van der Waals surface area (Å²) in [5, 5.41) is 0. The molecule has 19 heavy (non-hydrogen) atoms. The summed E-state index contributed by atoms with van der Waals surface area (Å²) in [5.41, 5.74) is 3.37. The Hall–Kier alpha value is -0.760. The minimum Gasteiger partial charge on any atom is -0.501 e. The van der Waals surface area contributed by atoms with E-state index in [4.69, 9.17) is 4.74 Å². The molecule has 1 unspecified atom stereocenters. The molecule has 2 aliphatic carbocycles. The first kappa shape index (κ1) is 14.6. The van der Waals surface area contributed by atoms with Gasteiger partial charge in [0.05, 0.1) is 12.9 Å². The third-order valence-electron chi connectivity index (χ3n) is 4.53. The summed E-state index contributed by atoms with van der Waals surface area (Å²) in [6, 6.07) is 0.788. The lowest BCUT2D eigenvalue weighted by Gasteiger charge is -2.37. The average Bonchev–Trinajstić information content (AvgIpc) is 2.46. The van der Waals surface area contributed by atoms with Crippen LogP contribution in [0.25, 0.3) is 0 Å². The van der Waals surface area contributed by atoms with Crippen molar-refractivity contribution in [3.63, 3.8) is 0 Å². The molecule has 2 rings (SSSR count). The van der Waals surface area contributed by atoms with Crippen LogP contribution in [0.2, 0.25) is 0 Å². The molecule has 0 fully saturated rings. The first-order chi connectivity index (χ1) is 9.28. The zero-order valence-electron chi connectivity index (χ0n) is 12.9. The zero-order chi connectivity index (χ0) is 13.7. The maximum Gasteiger partial charge on any atom is 0.0959 e. The van der Waals surface area contributed by atoms with Crippen molar-refractivity contribution in [1.29, 1.82) is 0 Å². The van der Waals surface area contributed by atoms with Crippen LogP contribution in [0.3, 0.4) is 0 Å². The van der Waals surface area contributed by atoms with E-state index in [0.29, 0.717) is 0 Å². The highest BCUT2D eigenvalue weighted by Gasteiger charge is 2.26. The van der Waals surface area contributed by atoms with Gasteiger partial charge in [0, 0.05) is 12.5 Å². The summed E-state index contributed by atoms with van der Waals surface area (Å²) in [6.45, 7) is 7.12. The number of allylic oxidation sites excluding steroid dienone is 2. The fourth-order valence-electron chi connectivity index (χ4n) is 3.53. The molecule has 0 radical (unpaired) electrons. The molecule has 0 aromatic rings. The zero-order valence-corrected chi connectivity index (χ0v) is 12.9. The van der Waals surface area contributed by atoms with E-state index in [1.807, 2.05) is 0 Å². The predicted octanol–water partition coefficient (Wildman–Crippen LogP) is 4.28. The molecule has 0 heterocycles. The smallest absolute Gasteiger partial charge is 0.0959 e. The number of methoxy groups -OCH3 is 1. The van der Waals surface area contributed by atoms with Gasteiger partial charge in [-0.1, -0.05) is 25.0 Å². The van der Waals surface area contributed by atoms with E-state index >= 15 is 0 Å². The van der Waals surface area contributed by atoms with Crippen LogP contribution in [0.1, 0.15) is 58.8 Å². The molecule has 0 spiro atoms. The van der Waals surface area contributed by atoms with Crippen molar-refractivity contribution in [1.82, 2.24) is 4.90 Å². The molecule has 0 saturated heterocycles. The van der Waals surface area contributed by atoms with E-state index in [1.54, 1.807) is 18.3 Å². The fourth-order valence-corrected chi connectivity index (χ4v) is 3.53. The second kappa shape index (κ2) is 7.14. The maximum absolute atomic E-state index is 5.41.